The van der Waals surface area contributed by atoms with E-state index in [2.05, 4.69) is 43.5 Å². The van der Waals surface area contributed by atoms with Gasteiger partial charge in [0.15, 0.2) is 12.6 Å². The zero-order valence-electron chi connectivity index (χ0n) is 33.4. The number of aliphatic hydroxyl groups is 8. The topological polar surface area (TPSA) is 228 Å². The summed E-state index contributed by atoms with van der Waals surface area (Å²) in [6, 6.07) is -0.829. The third-order valence-corrected chi connectivity index (χ3v) is 10.4. The molecule has 0 aromatic carbocycles. The fraction of sp³-hybridized carbons (Fsp3) is 0.878. The van der Waals surface area contributed by atoms with Crippen LogP contribution in [0.1, 0.15) is 136 Å². The van der Waals surface area contributed by atoms with E-state index in [0.717, 1.165) is 77.0 Å². The van der Waals surface area contributed by atoms with Crippen LogP contribution in [0, 0.1) is 0 Å². The van der Waals surface area contributed by atoms with Crippen LogP contribution in [0.3, 0.4) is 0 Å². The van der Waals surface area contributed by atoms with Crippen LogP contribution >= 0.6 is 0 Å². The molecule has 0 bridgehead atoms. The number of hydrogen-bond donors (Lipinski definition) is 9. The number of nitrogens with one attached hydrogen (secondary N) is 1. The molecule has 0 saturated carbocycles. The highest BCUT2D eigenvalue weighted by atomic mass is 16.7. The predicted octanol–water partition coefficient (Wildman–Crippen LogP) is 3.04. The van der Waals surface area contributed by atoms with Crippen molar-refractivity contribution in [2.24, 2.45) is 0 Å². The molecule has 2 rings (SSSR count). The van der Waals surface area contributed by atoms with E-state index in [9.17, 15) is 45.6 Å². The smallest absolute Gasteiger partial charge is 0.220 e. The molecule has 2 heterocycles. The number of allylic oxidation sites excluding steroid dienone is 4. The Morgan fingerprint density at radius 2 is 1.20 bits per heavy atom. The van der Waals surface area contributed by atoms with Crippen molar-refractivity contribution in [3.05, 3.63) is 24.3 Å². The van der Waals surface area contributed by atoms with Gasteiger partial charge in [-0.1, -0.05) is 109 Å². The molecule has 12 atom stereocenters. The lowest BCUT2D eigenvalue weighted by molar-refractivity contribution is -0.359. The lowest BCUT2D eigenvalue weighted by Gasteiger charge is -2.46. The van der Waals surface area contributed by atoms with Crippen LogP contribution in [0.2, 0.25) is 0 Å². The van der Waals surface area contributed by atoms with Crippen molar-refractivity contribution in [3.8, 4) is 0 Å². The number of hydrogen-bond acceptors (Lipinski definition) is 13. The van der Waals surface area contributed by atoms with Gasteiger partial charge in [0.1, 0.15) is 48.8 Å². The second-order valence-corrected chi connectivity index (χ2v) is 15.1. The van der Waals surface area contributed by atoms with Crippen molar-refractivity contribution in [2.45, 2.75) is 209 Å². The third-order valence-electron chi connectivity index (χ3n) is 10.4. The molecule has 2 fully saturated rings. The summed E-state index contributed by atoms with van der Waals surface area (Å²) in [6.45, 7) is 2.68. The van der Waals surface area contributed by atoms with Gasteiger partial charge in [-0.2, -0.15) is 0 Å². The molecule has 0 aliphatic carbocycles. The normalized spacial score (nSPS) is 29.9. The third kappa shape index (κ3) is 18.7. The molecule has 14 heteroatoms. The first kappa shape index (κ1) is 49.6. The second-order valence-electron chi connectivity index (χ2n) is 15.1. The monoisotopic (exact) mass is 790 g/mol. The lowest BCUT2D eigenvalue weighted by Crippen LogP contribution is -2.65. The molecule has 2 aliphatic heterocycles. The van der Waals surface area contributed by atoms with Gasteiger partial charge in [-0.05, 0) is 44.9 Å². The summed E-state index contributed by atoms with van der Waals surface area (Å²) in [7, 11) is 0. The number of unbranched alkanes of at least 4 members (excludes halogenated alkanes) is 13. The van der Waals surface area contributed by atoms with Gasteiger partial charge in [-0.3, -0.25) is 4.79 Å². The molecular formula is C41H75NO13. The maximum absolute atomic E-state index is 13.0. The fourth-order valence-electron chi connectivity index (χ4n) is 6.85. The summed E-state index contributed by atoms with van der Waals surface area (Å²) >= 11 is 0. The highest BCUT2D eigenvalue weighted by Gasteiger charge is 2.50. The largest absolute Gasteiger partial charge is 0.394 e. The molecule has 0 spiro atoms. The van der Waals surface area contributed by atoms with Crippen LogP contribution < -0.4 is 5.32 Å². The van der Waals surface area contributed by atoms with Crippen LogP contribution in [0.4, 0.5) is 0 Å². The predicted molar refractivity (Wildman–Crippen MR) is 208 cm³/mol. The Bertz CT molecular complexity index is 1030. The summed E-state index contributed by atoms with van der Waals surface area (Å²) in [5.41, 5.74) is 0. The lowest BCUT2D eigenvalue weighted by atomic mass is 9.97. The zero-order chi connectivity index (χ0) is 40.4. The molecule has 2 aliphatic rings. The van der Waals surface area contributed by atoms with Gasteiger partial charge >= 0.3 is 0 Å². The number of carbonyl (C=O) groups excluding carboxylic acids is 1. The van der Waals surface area contributed by atoms with Gasteiger partial charge in [-0.15, -0.1) is 0 Å². The van der Waals surface area contributed by atoms with E-state index in [1.165, 1.54) is 25.7 Å². The van der Waals surface area contributed by atoms with Crippen molar-refractivity contribution in [1.82, 2.24) is 5.32 Å². The van der Waals surface area contributed by atoms with Crippen LogP contribution in [0.15, 0.2) is 24.3 Å². The minimum Gasteiger partial charge on any atom is -0.394 e. The average molecular weight is 790 g/mol. The van der Waals surface area contributed by atoms with E-state index in [1.807, 2.05) is 0 Å². The van der Waals surface area contributed by atoms with E-state index in [1.54, 1.807) is 0 Å². The van der Waals surface area contributed by atoms with Gasteiger partial charge in [0, 0.05) is 6.42 Å². The van der Waals surface area contributed by atoms with Gasteiger partial charge in [0.2, 0.25) is 5.91 Å². The first-order chi connectivity index (χ1) is 26.6. The Hall–Kier alpha value is -1.53. The summed E-state index contributed by atoms with van der Waals surface area (Å²) < 4.78 is 22.5. The van der Waals surface area contributed by atoms with Crippen LogP contribution in [0.25, 0.3) is 0 Å². The van der Waals surface area contributed by atoms with E-state index in [4.69, 9.17) is 18.9 Å². The van der Waals surface area contributed by atoms with Crippen molar-refractivity contribution >= 4 is 5.91 Å². The summed E-state index contributed by atoms with van der Waals surface area (Å²) in [4.78, 5) is 13.0. The summed E-state index contributed by atoms with van der Waals surface area (Å²) in [5.74, 6) is -0.230. The fourth-order valence-corrected chi connectivity index (χ4v) is 6.85. The number of aliphatic hydroxyl groups excluding tert-OH is 8. The maximum atomic E-state index is 13.0. The number of carbonyl (C=O) groups is 1. The Balaban J connectivity index is 1.84. The van der Waals surface area contributed by atoms with Crippen molar-refractivity contribution in [3.63, 3.8) is 0 Å². The van der Waals surface area contributed by atoms with Gasteiger partial charge < -0.3 is 65.1 Å². The Morgan fingerprint density at radius 3 is 1.84 bits per heavy atom. The first-order valence-corrected chi connectivity index (χ1v) is 21.1. The highest BCUT2D eigenvalue weighted by molar-refractivity contribution is 5.76. The number of rotatable bonds is 30. The van der Waals surface area contributed by atoms with Crippen molar-refractivity contribution in [1.29, 1.82) is 0 Å². The second kappa shape index (κ2) is 29.6. The molecular weight excluding hydrogens is 714 g/mol. The quantitative estimate of drug-likeness (QED) is 0.0377. The van der Waals surface area contributed by atoms with Gasteiger partial charge in [-0.25, -0.2) is 0 Å². The molecule has 0 aromatic rings. The SMILES string of the molecule is CCCCCC/C=C\C/C=C\CCCCCCCC(=O)NC(COC1OC(CO)C(OC2OC(CO)C(O)C(O)C2O)C(O)C1O)C(O)CCCCCCC. The van der Waals surface area contributed by atoms with Crippen LogP contribution in [-0.4, -0.2) is 140 Å². The van der Waals surface area contributed by atoms with E-state index < -0.39 is 86.8 Å². The van der Waals surface area contributed by atoms with E-state index in [0.29, 0.717) is 12.8 Å². The zero-order valence-corrected chi connectivity index (χ0v) is 33.4. The first-order valence-electron chi connectivity index (χ1n) is 21.1. The highest BCUT2D eigenvalue weighted by Crippen LogP contribution is 2.30. The maximum Gasteiger partial charge on any atom is 0.220 e. The van der Waals surface area contributed by atoms with E-state index in [-0.39, 0.29) is 18.9 Å². The van der Waals surface area contributed by atoms with Crippen LogP contribution in [0.5, 0.6) is 0 Å². The average Bonchev–Trinajstić information content (AvgIpc) is 3.18. The molecule has 322 valence electrons. The van der Waals surface area contributed by atoms with Gasteiger partial charge in [0.05, 0.1) is 32.0 Å². The van der Waals surface area contributed by atoms with Crippen molar-refractivity contribution in [2.75, 3.05) is 19.8 Å². The summed E-state index contributed by atoms with van der Waals surface area (Å²) in [6.07, 6.45) is 11.1. The Kier molecular flexibility index (Phi) is 26.7. The Labute approximate surface area is 328 Å². The van der Waals surface area contributed by atoms with Crippen LogP contribution in [-0.2, 0) is 23.7 Å². The molecule has 55 heavy (non-hydrogen) atoms. The van der Waals surface area contributed by atoms with E-state index >= 15 is 0 Å². The molecule has 12 unspecified atom stereocenters. The minimum absolute atomic E-state index is 0.230. The molecule has 0 radical (unpaired) electrons. The van der Waals surface area contributed by atoms with Gasteiger partial charge in [0.25, 0.3) is 0 Å². The number of amides is 1. The van der Waals surface area contributed by atoms with Crippen molar-refractivity contribution < 1.29 is 64.6 Å². The number of ether oxygens (including phenoxy) is 4. The summed E-state index contributed by atoms with van der Waals surface area (Å²) in [5, 5.41) is 86.0. The Morgan fingerprint density at radius 1 is 0.655 bits per heavy atom. The standard InChI is InChI=1S/C41H75NO13/c1-3-5-7-9-10-11-12-13-14-15-16-17-18-19-21-23-25-33(46)42-29(30(45)24-22-20-8-6-4-2)28-52-40-38(51)36(49)39(32(27-44)54-40)55-41-37(50)35(48)34(47)31(26-43)53-41/h11-12,14-15,29-32,34-41,43-45,47-51H,3-10,13,16-28H2,1-2H3,(H,42,46)/b12-11-,15-14-. The minimum atomic E-state index is -1.78. The molecule has 0 aromatic heterocycles. The molecule has 1 amide bonds. The molecule has 2 saturated heterocycles. The molecule has 14 nitrogen and oxygen atoms in total. The molecule has 9 N–H and O–H groups in total.